The molecule has 0 spiro atoms. The summed E-state index contributed by atoms with van der Waals surface area (Å²) in [6.07, 6.45) is 2.19. The van der Waals surface area contributed by atoms with Crippen LogP contribution < -0.4 is 5.32 Å². The van der Waals surface area contributed by atoms with Crippen LogP contribution in [-0.4, -0.2) is 6.54 Å². The fourth-order valence-corrected chi connectivity index (χ4v) is 5.27. The Kier molecular flexibility index (Phi) is 6.27. The van der Waals surface area contributed by atoms with Crippen molar-refractivity contribution in [1.82, 2.24) is 5.32 Å². The van der Waals surface area contributed by atoms with E-state index >= 15 is 0 Å². The normalized spacial score (nSPS) is 12.6. The highest BCUT2D eigenvalue weighted by Crippen LogP contribution is 2.38. The molecule has 1 heterocycles. The first kappa shape index (κ1) is 16.2. The maximum Gasteiger partial charge on any atom is 0.0761 e. The number of aryl methyl sites for hydroxylation is 1. The summed E-state index contributed by atoms with van der Waals surface area (Å²) in [5.41, 5.74) is 4.11. The summed E-state index contributed by atoms with van der Waals surface area (Å²) in [7, 11) is 0. The monoisotopic (exact) mass is 415 g/mol. The summed E-state index contributed by atoms with van der Waals surface area (Å²) in [5.74, 6) is 0. The molecule has 4 heteroatoms. The van der Waals surface area contributed by atoms with Crippen LogP contribution in [0.5, 0.6) is 0 Å². The van der Waals surface area contributed by atoms with E-state index < -0.39 is 0 Å². The van der Waals surface area contributed by atoms with Gasteiger partial charge >= 0.3 is 0 Å². The minimum atomic E-state index is 0.253. The van der Waals surface area contributed by atoms with Crippen molar-refractivity contribution in [3.63, 3.8) is 0 Å². The summed E-state index contributed by atoms with van der Waals surface area (Å²) in [6.45, 7) is 5.44. The zero-order chi connectivity index (χ0) is 14.5. The van der Waals surface area contributed by atoms with Crippen molar-refractivity contribution in [1.29, 1.82) is 0 Å². The SMILES string of the molecule is CCCNC(c1ccccc1CC)c1cc(Br)sc1Br. The smallest absolute Gasteiger partial charge is 0.0761 e. The van der Waals surface area contributed by atoms with Crippen LogP contribution in [0.25, 0.3) is 0 Å². The van der Waals surface area contributed by atoms with E-state index in [0.717, 1.165) is 23.2 Å². The predicted molar refractivity (Wildman–Crippen MR) is 95.7 cm³/mol. The topological polar surface area (TPSA) is 12.0 Å². The van der Waals surface area contributed by atoms with Crippen LogP contribution in [0.2, 0.25) is 0 Å². The Labute approximate surface area is 142 Å². The fraction of sp³-hybridized carbons (Fsp3) is 0.375. The third-order valence-electron chi connectivity index (χ3n) is 3.34. The van der Waals surface area contributed by atoms with Crippen molar-refractivity contribution in [2.45, 2.75) is 32.7 Å². The zero-order valence-corrected chi connectivity index (χ0v) is 15.7. The number of rotatable bonds is 6. The molecule has 0 saturated heterocycles. The molecule has 1 atom stereocenters. The van der Waals surface area contributed by atoms with Crippen LogP contribution in [0.3, 0.4) is 0 Å². The maximum atomic E-state index is 3.70. The molecular weight excluding hydrogens is 398 g/mol. The summed E-state index contributed by atoms with van der Waals surface area (Å²) >= 11 is 9.02. The Balaban J connectivity index is 2.44. The van der Waals surface area contributed by atoms with Crippen LogP contribution in [0.4, 0.5) is 0 Å². The van der Waals surface area contributed by atoms with E-state index in [-0.39, 0.29) is 6.04 Å². The Morgan fingerprint density at radius 1 is 1.15 bits per heavy atom. The lowest BCUT2D eigenvalue weighted by Gasteiger charge is -2.21. The average molecular weight is 417 g/mol. The van der Waals surface area contributed by atoms with E-state index in [1.165, 1.54) is 20.5 Å². The van der Waals surface area contributed by atoms with Gasteiger partial charge in [0, 0.05) is 0 Å². The minimum absolute atomic E-state index is 0.253. The van der Waals surface area contributed by atoms with Crippen molar-refractivity contribution in [2.24, 2.45) is 0 Å². The van der Waals surface area contributed by atoms with Crippen LogP contribution in [0.1, 0.15) is 43.0 Å². The molecule has 1 aromatic heterocycles. The number of nitrogens with one attached hydrogen (secondary N) is 1. The van der Waals surface area contributed by atoms with Gasteiger partial charge in [0.15, 0.2) is 0 Å². The van der Waals surface area contributed by atoms with Crippen LogP contribution in [0, 0.1) is 0 Å². The van der Waals surface area contributed by atoms with E-state index in [1.807, 2.05) is 0 Å². The van der Waals surface area contributed by atoms with Crippen molar-refractivity contribution in [2.75, 3.05) is 6.54 Å². The fourth-order valence-electron chi connectivity index (χ4n) is 2.36. The van der Waals surface area contributed by atoms with Crippen molar-refractivity contribution >= 4 is 43.2 Å². The van der Waals surface area contributed by atoms with Gasteiger partial charge in [0.1, 0.15) is 0 Å². The molecule has 0 aliphatic rings. The molecule has 20 heavy (non-hydrogen) atoms. The number of benzene rings is 1. The molecule has 0 aliphatic carbocycles. The number of hydrogen-bond donors (Lipinski definition) is 1. The molecular formula is C16H19Br2NS. The van der Waals surface area contributed by atoms with Gasteiger partial charge in [-0.25, -0.2) is 0 Å². The molecule has 1 N–H and O–H groups in total. The third-order valence-corrected chi connectivity index (χ3v) is 5.73. The zero-order valence-electron chi connectivity index (χ0n) is 11.7. The summed E-state index contributed by atoms with van der Waals surface area (Å²) in [6, 6.07) is 11.2. The number of hydrogen-bond acceptors (Lipinski definition) is 2. The van der Waals surface area contributed by atoms with Gasteiger partial charge < -0.3 is 5.32 Å². The first-order valence-corrected chi connectivity index (χ1v) is 9.33. The van der Waals surface area contributed by atoms with E-state index in [0.29, 0.717) is 0 Å². The third kappa shape index (κ3) is 3.73. The summed E-state index contributed by atoms with van der Waals surface area (Å²) in [4.78, 5) is 0. The Hall–Kier alpha value is -0.160. The molecule has 0 radical (unpaired) electrons. The standard InChI is InChI=1S/C16H19Br2NS/c1-3-9-19-15(13-10-14(17)20-16(13)18)12-8-6-5-7-11(12)4-2/h5-8,10,15,19H,3-4,9H2,1-2H3. The van der Waals surface area contributed by atoms with E-state index in [4.69, 9.17) is 0 Å². The second-order valence-electron chi connectivity index (χ2n) is 4.72. The molecule has 1 aromatic carbocycles. The van der Waals surface area contributed by atoms with E-state index in [2.05, 4.69) is 81.4 Å². The summed E-state index contributed by atoms with van der Waals surface area (Å²) < 4.78 is 2.36. The van der Waals surface area contributed by atoms with Crippen LogP contribution in [0.15, 0.2) is 37.9 Å². The quantitative estimate of drug-likeness (QED) is 0.615. The lowest BCUT2D eigenvalue weighted by molar-refractivity contribution is 0.594. The predicted octanol–water partition coefficient (Wildman–Crippen LogP) is 5.92. The van der Waals surface area contributed by atoms with E-state index in [9.17, 15) is 0 Å². The van der Waals surface area contributed by atoms with Gasteiger partial charge in [-0.2, -0.15) is 0 Å². The molecule has 0 aliphatic heterocycles. The largest absolute Gasteiger partial charge is 0.306 e. The van der Waals surface area contributed by atoms with Gasteiger partial charge in [-0.15, -0.1) is 11.3 Å². The molecule has 1 unspecified atom stereocenters. The highest BCUT2D eigenvalue weighted by molar-refractivity contribution is 9.12. The van der Waals surface area contributed by atoms with Gasteiger partial charge in [-0.1, -0.05) is 38.1 Å². The van der Waals surface area contributed by atoms with E-state index in [1.54, 1.807) is 11.3 Å². The van der Waals surface area contributed by atoms with Crippen molar-refractivity contribution < 1.29 is 0 Å². The molecule has 0 saturated carbocycles. The first-order valence-electron chi connectivity index (χ1n) is 6.93. The van der Waals surface area contributed by atoms with Gasteiger partial charge in [-0.05, 0) is 74.0 Å². The molecule has 2 aromatic rings. The van der Waals surface area contributed by atoms with Gasteiger partial charge in [0.25, 0.3) is 0 Å². The molecule has 2 rings (SSSR count). The molecule has 108 valence electrons. The minimum Gasteiger partial charge on any atom is -0.306 e. The molecule has 0 fully saturated rings. The second kappa shape index (κ2) is 7.74. The lowest BCUT2D eigenvalue weighted by atomic mass is 9.95. The van der Waals surface area contributed by atoms with Crippen LogP contribution >= 0.6 is 43.2 Å². The Bertz CT molecular complexity index is 565. The molecule has 0 bridgehead atoms. The Morgan fingerprint density at radius 2 is 1.90 bits per heavy atom. The average Bonchev–Trinajstić information content (AvgIpc) is 2.79. The van der Waals surface area contributed by atoms with Crippen molar-refractivity contribution in [3.8, 4) is 0 Å². The highest BCUT2D eigenvalue weighted by Gasteiger charge is 2.20. The molecule has 0 amide bonds. The highest BCUT2D eigenvalue weighted by atomic mass is 79.9. The maximum absolute atomic E-state index is 3.70. The number of halogens is 2. The van der Waals surface area contributed by atoms with Gasteiger partial charge in [0.2, 0.25) is 0 Å². The summed E-state index contributed by atoms with van der Waals surface area (Å²) in [5, 5.41) is 3.69. The Morgan fingerprint density at radius 3 is 2.50 bits per heavy atom. The van der Waals surface area contributed by atoms with Crippen LogP contribution in [-0.2, 0) is 6.42 Å². The second-order valence-corrected chi connectivity index (χ2v) is 8.47. The van der Waals surface area contributed by atoms with Gasteiger partial charge in [-0.3, -0.25) is 0 Å². The molecule has 1 nitrogen and oxygen atoms in total. The van der Waals surface area contributed by atoms with Crippen molar-refractivity contribution in [3.05, 3.63) is 54.6 Å². The first-order chi connectivity index (χ1) is 9.67. The number of thiophene rings is 1. The lowest BCUT2D eigenvalue weighted by Crippen LogP contribution is -2.24. The van der Waals surface area contributed by atoms with Gasteiger partial charge in [0.05, 0.1) is 13.6 Å².